The lowest BCUT2D eigenvalue weighted by atomic mass is 9.76. The highest BCUT2D eigenvalue weighted by atomic mass is 15.2. The van der Waals surface area contributed by atoms with Gasteiger partial charge >= 0.3 is 0 Å². The van der Waals surface area contributed by atoms with Crippen LogP contribution < -0.4 is 0 Å². The van der Waals surface area contributed by atoms with E-state index in [0.717, 1.165) is 12.1 Å². The van der Waals surface area contributed by atoms with Gasteiger partial charge in [0, 0.05) is 17.2 Å². The fourth-order valence-electron chi connectivity index (χ4n) is 6.45. The monoisotopic (exact) mass is 477 g/mol. The van der Waals surface area contributed by atoms with Gasteiger partial charge in [0.2, 0.25) is 0 Å². The molecule has 3 nitrogen and oxygen atoms in total. The zero-order valence-corrected chi connectivity index (χ0v) is 22.2. The maximum Gasteiger partial charge on any atom is 0.121 e. The molecule has 36 heavy (non-hydrogen) atoms. The molecule has 0 radical (unpaired) electrons. The molecule has 1 aromatic heterocycles. The highest BCUT2D eigenvalue weighted by Crippen LogP contribution is 2.42. The molecule has 0 N–H and O–H groups in total. The summed E-state index contributed by atoms with van der Waals surface area (Å²) in [6, 6.07) is 32.5. The summed E-state index contributed by atoms with van der Waals surface area (Å²) >= 11 is 0. The molecule has 0 unspecified atom stereocenters. The lowest BCUT2D eigenvalue weighted by molar-refractivity contribution is 0.118. The Labute approximate surface area is 216 Å². The van der Waals surface area contributed by atoms with Gasteiger partial charge in [0.15, 0.2) is 0 Å². The van der Waals surface area contributed by atoms with Crippen LogP contribution in [0.4, 0.5) is 0 Å². The third-order valence-electron chi connectivity index (χ3n) is 8.07. The van der Waals surface area contributed by atoms with E-state index >= 15 is 0 Å². The van der Waals surface area contributed by atoms with E-state index in [1.807, 2.05) is 6.33 Å². The van der Waals surface area contributed by atoms with Gasteiger partial charge in [-0.1, -0.05) is 105 Å². The zero-order chi connectivity index (χ0) is 25.2. The van der Waals surface area contributed by atoms with Crippen molar-refractivity contribution < 1.29 is 0 Å². The molecule has 0 aliphatic carbocycles. The average Bonchev–Trinajstić information content (AvgIpc) is 3.60. The quantitative estimate of drug-likeness (QED) is 0.249. The summed E-state index contributed by atoms with van der Waals surface area (Å²) in [6.07, 6.45) is 8.03. The van der Waals surface area contributed by atoms with Gasteiger partial charge < -0.3 is 4.57 Å². The van der Waals surface area contributed by atoms with Crippen molar-refractivity contribution in [2.45, 2.75) is 63.5 Å². The third kappa shape index (κ3) is 4.41. The summed E-state index contributed by atoms with van der Waals surface area (Å²) in [5.74, 6) is 0. The Morgan fingerprint density at radius 1 is 0.667 bits per heavy atom. The number of aromatic nitrogens is 2. The van der Waals surface area contributed by atoms with E-state index < -0.39 is 5.54 Å². The molecule has 1 fully saturated rings. The molecule has 0 amide bonds. The van der Waals surface area contributed by atoms with Crippen LogP contribution in [0.5, 0.6) is 0 Å². The normalized spacial score (nSPS) is 15.3. The Morgan fingerprint density at radius 3 is 1.56 bits per heavy atom. The maximum absolute atomic E-state index is 5.09. The van der Waals surface area contributed by atoms with E-state index in [-0.39, 0.29) is 11.0 Å². The molecule has 1 aliphatic rings. The minimum Gasteiger partial charge on any atom is -0.319 e. The second-order valence-electron chi connectivity index (χ2n) is 11.5. The number of rotatable bonds is 8. The molecular weight excluding hydrogens is 438 g/mol. The molecule has 3 aromatic carbocycles. The van der Waals surface area contributed by atoms with Crippen molar-refractivity contribution in [3.05, 3.63) is 126 Å². The largest absolute Gasteiger partial charge is 0.319 e. The third-order valence-corrected chi connectivity index (χ3v) is 8.07. The van der Waals surface area contributed by atoms with Crippen molar-refractivity contribution in [1.82, 2.24) is 14.5 Å². The summed E-state index contributed by atoms with van der Waals surface area (Å²) in [4.78, 5) is 7.75. The molecule has 0 atom stereocenters. The van der Waals surface area contributed by atoms with Crippen LogP contribution >= 0.6 is 0 Å². The smallest absolute Gasteiger partial charge is 0.121 e. The minimum atomic E-state index is -0.518. The van der Waals surface area contributed by atoms with Crippen molar-refractivity contribution in [2.75, 3.05) is 13.1 Å². The molecule has 2 heterocycles. The fourth-order valence-corrected chi connectivity index (χ4v) is 6.45. The van der Waals surface area contributed by atoms with Crippen LogP contribution in [-0.4, -0.2) is 33.1 Å². The van der Waals surface area contributed by atoms with E-state index in [0.29, 0.717) is 0 Å². The van der Waals surface area contributed by atoms with Crippen molar-refractivity contribution >= 4 is 0 Å². The van der Waals surface area contributed by atoms with E-state index in [1.165, 1.54) is 42.6 Å². The first-order valence-corrected chi connectivity index (χ1v) is 13.3. The minimum absolute atomic E-state index is 0.0624. The molecule has 3 heteroatoms. The maximum atomic E-state index is 5.09. The van der Waals surface area contributed by atoms with Crippen LogP contribution in [0.15, 0.2) is 104 Å². The number of hydrogen-bond donors (Lipinski definition) is 0. The molecule has 0 spiro atoms. The van der Waals surface area contributed by atoms with Gasteiger partial charge in [-0.3, -0.25) is 4.90 Å². The van der Waals surface area contributed by atoms with Gasteiger partial charge in [0.1, 0.15) is 5.54 Å². The van der Waals surface area contributed by atoms with Crippen LogP contribution in [0.1, 0.15) is 69.3 Å². The summed E-state index contributed by atoms with van der Waals surface area (Å²) < 4.78 is 2.34. The summed E-state index contributed by atoms with van der Waals surface area (Å²) in [5.41, 5.74) is 4.37. The summed E-state index contributed by atoms with van der Waals surface area (Å²) in [7, 11) is 0. The van der Waals surface area contributed by atoms with E-state index in [1.54, 1.807) is 0 Å². The second kappa shape index (κ2) is 9.71. The Balaban J connectivity index is 1.64. The average molecular weight is 478 g/mol. The second-order valence-corrected chi connectivity index (χ2v) is 11.5. The standard InChI is InChI=1S/C33H39N3/c1-31(2,25-32(3,4)35-22-14-15-23-35)30-24-36(26-34-30)33(27-16-8-5-9-17-27,28-18-10-6-11-19-28)29-20-12-7-13-21-29/h5-13,16-21,24,26H,14-15,22-23,25H2,1-4H3. The van der Waals surface area contributed by atoms with Crippen molar-refractivity contribution in [3.8, 4) is 0 Å². The number of nitrogens with zero attached hydrogens (tertiary/aromatic N) is 3. The van der Waals surface area contributed by atoms with E-state index in [9.17, 15) is 0 Å². The predicted molar refractivity (Wildman–Crippen MR) is 149 cm³/mol. The van der Waals surface area contributed by atoms with Gasteiger partial charge in [-0.05, 0) is 62.9 Å². The Bertz CT molecular complexity index is 1150. The molecular formula is C33H39N3. The Hall–Kier alpha value is -3.17. The zero-order valence-electron chi connectivity index (χ0n) is 22.2. The number of imidazole rings is 1. The Morgan fingerprint density at radius 2 is 1.11 bits per heavy atom. The van der Waals surface area contributed by atoms with Gasteiger partial charge in [-0.15, -0.1) is 0 Å². The highest BCUT2D eigenvalue weighted by Gasteiger charge is 2.41. The summed E-state index contributed by atoms with van der Waals surface area (Å²) in [5, 5.41) is 0. The number of benzene rings is 3. The SMILES string of the molecule is CC(C)(CC(C)(C)N1CCCC1)c1cn(C(c2ccccc2)(c2ccccc2)c2ccccc2)cn1. The van der Waals surface area contributed by atoms with Crippen LogP contribution in [-0.2, 0) is 11.0 Å². The lowest BCUT2D eigenvalue weighted by Crippen LogP contribution is -2.46. The van der Waals surface area contributed by atoms with Gasteiger partial charge in [0.25, 0.3) is 0 Å². The molecule has 5 rings (SSSR count). The number of likely N-dealkylation sites (tertiary alicyclic amines) is 1. The summed E-state index contributed by atoms with van der Waals surface area (Å²) in [6.45, 7) is 11.9. The van der Waals surface area contributed by atoms with Crippen LogP contribution in [0.25, 0.3) is 0 Å². The molecule has 0 saturated carbocycles. The number of hydrogen-bond acceptors (Lipinski definition) is 2. The van der Waals surface area contributed by atoms with Crippen LogP contribution in [0.2, 0.25) is 0 Å². The Kier molecular flexibility index (Phi) is 6.61. The van der Waals surface area contributed by atoms with Crippen LogP contribution in [0.3, 0.4) is 0 Å². The fraction of sp³-hybridized carbons (Fsp3) is 0.364. The molecule has 1 saturated heterocycles. The van der Waals surface area contributed by atoms with E-state index in [4.69, 9.17) is 4.98 Å². The van der Waals surface area contributed by atoms with E-state index in [2.05, 4.69) is 134 Å². The molecule has 4 aromatic rings. The first-order chi connectivity index (χ1) is 17.3. The first-order valence-electron chi connectivity index (χ1n) is 13.3. The van der Waals surface area contributed by atoms with Crippen molar-refractivity contribution in [1.29, 1.82) is 0 Å². The molecule has 1 aliphatic heterocycles. The van der Waals surface area contributed by atoms with Gasteiger partial charge in [-0.25, -0.2) is 4.98 Å². The van der Waals surface area contributed by atoms with Crippen molar-refractivity contribution in [3.63, 3.8) is 0 Å². The van der Waals surface area contributed by atoms with Crippen molar-refractivity contribution in [2.24, 2.45) is 0 Å². The molecule has 186 valence electrons. The highest BCUT2D eigenvalue weighted by molar-refractivity contribution is 5.50. The topological polar surface area (TPSA) is 21.1 Å². The van der Waals surface area contributed by atoms with Gasteiger partial charge in [0.05, 0.1) is 12.0 Å². The first kappa shape index (κ1) is 24.5. The molecule has 0 bridgehead atoms. The lowest BCUT2D eigenvalue weighted by Gasteiger charge is -2.41. The van der Waals surface area contributed by atoms with Crippen LogP contribution in [0, 0.1) is 0 Å². The van der Waals surface area contributed by atoms with Gasteiger partial charge in [-0.2, -0.15) is 0 Å². The predicted octanol–water partition coefficient (Wildman–Crippen LogP) is 7.27.